The molecule has 0 aromatic heterocycles. The number of carbonyl (C=O) groups is 3. The Bertz CT molecular complexity index is 769. The summed E-state index contributed by atoms with van der Waals surface area (Å²) in [5.74, 6) is -0.438. The van der Waals surface area contributed by atoms with Crippen LogP contribution in [0.25, 0.3) is 0 Å². The van der Waals surface area contributed by atoms with Gasteiger partial charge in [0.25, 0.3) is 0 Å². The zero-order valence-electron chi connectivity index (χ0n) is 21.9. The second-order valence-corrected chi connectivity index (χ2v) is 10.2. The van der Waals surface area contributed by atoms with Crippen molar-refractivity contribution in [1.29, 1.82) is 0 Å². The molecule has 1 aliphatic rings. The maximum Gasteiger partial charge on any atom is 0.242 e. The zero-order chi connectivity index (χ0) is 25.5. The Labute approximate surface area is 211 Å². The smallest absolute Gasteiger partial charge is 0.242 e. The Morgan fingerprint density at radius 3 is 1.97 bits per heavy atom. The Kier molecular flexibility index (Phi) is 13.4. The summed E-state index contributed by atoms with van der Waals surface area (Å²) in [6.07, 6.45) is 10.1. The second kappa shape index (κ2) is 16.3. The van der Waals surface area contributed by atoms with E-state index in [2.05, 4.69) is 21.3 Å². The van der Waals surface area contributed by atoms with Crippen LogP contribution in [0.4, 0.5) is 0 Å². The third-order valence-corrected chi connectivity index (χ3v) is 6.48. The molecule has 0 radical (unpaired) electrons. The molecule has 3 amide bonds. The maximum absolute atomic E-state index is 13.1. The van der Waals surface area contributed by atoms with Crippen LogP contribution < -0.4 is 21.3 Å². The first-order valence-electron chi connectivity index (χ1n) is 13.5. The molecule has 7 nitrogen and oxygen atoms in total. The molecule has 7 heteroatoms. The summed E-state index contributed by atoms with van der Waals surface area (Å²) in [5.41, 5.74) is 1.07. The molecule has 0 bridgehead atoms. The third-order valence-electron chi connectivity index (χ3n) is 6.48. The molecule has 4 N–H and O–H groups in total. The number of benzene rings is 1. The van der Waals surface area contributed by atoms with Crippen LogP contribution in [0.1, 0.15) is 84.1 Å². The number of rotatable bonds is 4. The van der Waals surface area contributed by atoms with Gasteiger partial charge in [0.05, 0.1) is 6.04 Å². The minimum Gasteiger partial charge on any atom is -0.354 e. The van der Waals surface area contributed by atoms with Gasteiger partial charge in [-0.15, -0.1) is 0 Å². The van der Waals surface area contributed by atoms with Crippen LogP contribution in [0.2, 0.25) is 0 Å². The maximum atomic E-state index is 13.1. The van der Waals surface area contributed by atoms with E-state index in [9.17, 15) is 14.4 Å². The van der Waals surface area contributed by atoms with E-state index in [-0.39, 0.29) is 23.6 Å². The van der Waals surface area contributed by atoms with E-state index in [4.69, 9.17) is 0 Å². The lowest BCUT2D eigenvalue weighted by Crippen LogP contribution is -2.56. The number of hydrogen-bond acceptors (Lipinski definition) is 4. The van der Waals surface area contributed by atoms with Crippen LogP contribution >= 0.6 is 0 Å². The topological polar surface area (TPSA) is 99.3 Å². The molecule has 196 valence electrons. The molecule has 1 saturated heterocycles. The fraction of sp³-hybridized carbons (Fsp3) is 0.679. The molecular formula is C28H46N4O3. The first-order chi connectivity index (χ1) is 16.9. The molecular weight excluding hydrogens is 440 g/mol. The monoisotopic (exact) mass is 486 g/mol. The van der Waals surface area contributed by atoms with Crippen molar-refractivity contribution < 1.29 is 14.4 Å². The Morgan fingerprint density at radius 2 is 1.34 bits per heavy atom. The molecule has 1 fully saturated rings. The first kappa shape index (κ1) is 28.8. The summed E-state index contributed by atoms with van der Waals surface area (Å²) >= 11 is 0. The van der Waals surface area contributed by atoms with Crippen molar-refractivity contribution in [2.45, 2.75) is 103 Å². The van der Waals surface area contributed by atoms with E-state index in [0.29, 0.717) is 19.4 Å². The average molecular weight is 487 g/mol. The highest BCUT2D eigenvalue weighted by atomic mass is 16.2. The summed E-state index contributed by atoms with van der Waals surface area (Å²) in [4.78, 5) is 38.8. The number of amides is 3. The van der Waals surface area contributed by atoms with Crippen molar-refractivity contribution in [2.75, 3.05) is 13.1 Å². The Hall–Kier alpha value is -2.41. The van der Waals surface area contributed by atoms with E-state index in [1.165, 1.54) is 25.7 Å². The first-order valence-corrected chi connectivity index (χ1v) is 13.5. The molecule has 1 heterocycles. The lowest BCUT2D eigenvalue weighted by Gasteiger charge is -2.24. The van der Waals surface area contributed by atoms with E-state index >= 15 is 0 Å². The molecule has 0 unspecified atom stereocenters. The van der Waals surface area contributed by atoms with E-state index in [1.807, 2.05) is 44.2 Å². The standard InChI is InChI=1S/C28H46N4O3/c1-21(2)19-25-27(34)30-18-14-9-7-5-4-6-8-13-17-29-24(20-23-15-11-10-12-16-23)28(35)31-22(3)26(33)32-25/h10-12,15-16,21-22,24-25,29H,4-9,13-14,17-20H2,1-3H3,(H,30,34)(H,31,35)(H,32,33)/t22-,24-,25-/m0/s1. The number of hydrogen-bond donors (Lipinski definition) is 4. The molecule has 3 atom stereocenters. The minimum atomic E-state index is -0.740. The third kappa shape index (κ3) is 11.7. The lowest BCUT2D eigenvalue weighted by molar-refractivity contribution is -0.132. The summed E-state index contributed by atoms with van der Waals surface area (Å²) in [6.45, 7) is 7.12. The minimum absolute atomic E-state index is 0.149. The van der Waals surface area contributed by atoms with Crippen LogP contribution in [-0.2, 0) is 20.8 Å². The summed E-state index contributed by atoms with van der Waals surface area (Å²) in [6, 6.07) is 8.15. The largest absolute Gasteiger partial charge is 0.354 e. The fourth-order valence-corrected chi connectivity index (χ4v) is 4.41. The summed E-state index contributed by atoms with van der Waals surface area (Å²) in [5, 5.41) is 12.1. The van der Waals surface area contributed by atoms with Crippen molar-refractivity contribution in [3.8, 4) is 0 Å². The highest BCUT2D eigenvalue weighted by Crippen LogP contribution is 2.10. The van der Waals surface area contributed by atoms with E-state index < -0.39 is 18.1 Å². The summed E-state index contributed by atoms with van der Waals surface area (Å²) < 4.78 is 0. The van der Waals surface area contributed by atoms with Gasteiger partial charge < -0.3 is 21.3 Å². The number of nitrogens with one attached hydrogen (secondary N) is 4. The van der Waals surface area contributed by atoms with Crippen molar-refractivity contribution in [3.63, 3.8) is 0 Å². The van der Waals surface area contributed by atoms with Gasteiger partial charge in [0.2, 0.25) is 17.7 Å². The predicted octanol–water partition coefficient (Wildman–Crippen LogP) is 3.47. The van der Waals surface area contributed by atoms with Crippen molar-refractivity contribution in [3.05, 3.63) is 35.9 Å². The highest BCUT2D eigenvalue weighted by molar-refractivity contribution is 5.92. The van der Waals surface area contributed by atoms with Gasteiger partial charge in [-0.05, 0) is 50.6 Å². The van der Waals surface area contributed by atoms with Gasteiger partial charge in [0.15, 0.2) is 0 Å². The average Bonchev–Trinajstić information content (AvgIpc) is 2.83. The second-order valence-electron chi connectivity index (χ2n) is 10.2. The van der Waals surface area contributed by atoms with Gasteiger partial charge in [-0.25, -0.2) is 0 Å². The van der Waals surface area contributed by atoms with Gasteiger partial charge in [-0.1, -0.05) is 82.7 Å². The van der Waals surface area contributed by atoms with Gasteiger partial charge in [0, 0.05) is 6.54 Å². The molecule has 2 rings (SSSR count). The lowest BCUT2D eigenvalue weighted by atomic mass is 10.0. The quantitative estimate of drug-likeness (QED) is 0.524. The fourth-order valence-electron chi connectivity index (χ4n) is 4.41. The Balaban J connectivity index is 2.08. The molecule has 1 aliphatic heterocycles. The molecule has 35 heavy (non-hydrogen) atoms. The highest BCUT2D eigenvalue weighted by Gasteiger charge is 2.27. The van der Waals surface area contributed by atoms with Gasteiger partial charge in [-0.3, -0.25) is 14.4 Å². The van der Waals surface area contributed by atoms with Gasteiger partial charge in [-0.2, -0.15) is 0 Å². The molecule has 1 aromatic carbocycles. The van der Waals surface area contributed by atoms with E-state index in [1.54, 1.807) is 6.92 Å². The molecule has 1 aromatic rings. The normalized spacial score (nSPS) is 24.8. The van der Waals surface area contributed by atoms with Gasteiger partial charge in [0.1, 0.15) is 12.1 Å². The zero-order valence-corrected chi connectivity index (χ0v) is 21.9. The Morgan fingerprint density at radius 1 is 0.743 bits per heavy atom. The van der Waals surface area contributed by atoms with E-state index in [0.717, 1.165) is 37.8 Å². The molecule has 0 spiro atoms. The van der Waals surface area contributed by atoms with Crippen LogP contribution in [-0.4, -0.2) is 48.9 Å². The SMILES string of the molecule is CC(C)C[C@@H]1NC(=O)[C@H](C)NC(=O)[C@H](Cc2ccccc2)NCCCCCCCCCCNC1=O. The van der Waals surface area contributed by atoms with Crippen molar-refractivity contribution >= 4 is 17.7 Å². The van der Waals surface area contributed by atoms with Crippen LogP contribution in [0.15, 0.2) is 30.3 Å². The van der Waals surface area contributed by atoms with Crippen LogP contribution in [0.5, 0.6) is 0 Å². The molecule has 0 aliphatic carbocycles. The predicted molar refractivity (Wildman–Crippen MR) is 141 cm³/mol. The number of carbonyl (C=O) groups excluding carboxylic acids is 3. The van der Waals surface area contributed by atoms with Crippen LogP contribution in [0, 0.1) is 5.92 Å². The van der Waals surface area contributed by atoms with Crippen molar-refractivity contribution in [1.82, 2.24) is 21.3 Å². The summed E-state index contributed by atoms with van der Waals surface area (Å²) in [7, 11) is 0. The molecule has 0 saturated carbocycles. The van der Waals surface area contributed by atoms with Gasteiger partial charge >= 0.3 is 0 Å². The van der Waals surface area contributed by atoms with Crippen molar-refractivity contribution in [2.24, 2.45) is 5.92 Å². The van der Waals surface area contributed by atoms with Crippen LogP contribution in [0.3, 0.4) is 0 Å².